The molecule has 2 aliphatic carbocycles. The van der Waals surface area contributed by atoms with Gasteiger partial charge in [-0.2, -0.15) is 0 Å². The average Bonchev–Trinajstić information content (AvgIpc) is 3.70. The highest BCUT2D eigenvalue weighted by Crippen LogP contribution is 2.51. The molecule has 55 heavy (non-hydrogen) atoms. The van der Waals surface area contributed by atoms with E-state index in [1.165, 1.54) is 78.1 Å². The molecule has 0 spiro atoms. The Balaban J connectivity index is 0.00000195. The molecule has 268 valence electrons. The van der Waals surface area contributed by atoms with Crippen molar-refractivity contribution in [2.24, 2.45) is 0 Å². The molecule has 0 bridgehead atoms. The van der Waals surface area contributed by atoms with E-state index in [0.717, 1.165) is 24.2 Å². The third-order valence-electron chi connectivity index (χ3n) is 11.5. The van der Waals surface area contributed by atoms with Crippen LogP contribution >= 0.6 is 0 Å². The molecule has 10 rings (SSSR count). The number of allylic oxidation sites excluding steroid dienone is 1. The summed E-state index contributed by atoms with van der Waals surface area (Å²) in [6, 6.07) is 64.4. The number of benzene rings is 7. The topological polar surface area (TPSA) is 8.17 Å². The zero-order chi connectivity index (χ0) is 37.5. The molecule has 0 fully saturated rings. The van der Waals surface area contributed by atoms with Crippen LogP contribution in [0.1, 0.15) is 62.1 Å². The van der Waals surface area contributed by atoms with E-state index in [9.17, 15) is 0 Å². The third-order valence-corrected chi connectivity index (χ3v) is 11.5. The van der Waals surface area contributed by atoms with Crippen LogP contribution in [-0.2, 0) is 11.8 Å². The maximum absolute atomic E-state index is 2.46. The van der Waals surface area contributed by atoms with Gasteiger partial charge in [-0.15, -0.1) is 0 Å². The zero-order valence-electron chi connectivity index (χ0n) is 32.1. The molecule has 0 saturated heterocycles. The van der Waals surface area contributed by atoms with Crippen LogP contribution in [0.15, 0.2) is 176 Å². The molecule has 0 amide bonds. The van der Waals surface area contributed by atoms with Crippen molar-refractivity contribution < 1.29 is 0 Å². The van der Waals surface area contributed by atoms with Crippen LogP contribution in [0.5, 0.6) is 0 Å². The Morgan fingerprint density at radius 1 is 0.491 bits per heavy atom. The number of hydrogen-bond acceptors (Lipinski definition) is 1. The second-order valence-corrected chi connectivity index (χ2v) is 14.9. The normalized spacial score (nSPS) is 13.6. The summed E-state index contributed by atoms with van der Waals surface area (Å²) in [5, 5.41) is 1.31. The molecule has 7 aromatic carbocycles. The van der Waals surface area contributed by atoms with Gasteiger partial charge in [0.2, 0.25) is 0 Å². The molecule has 2 aliphatic rings. The first-order valence-corrected chi connectivity index (χ1v) is 19.7. The van der Waals surface area contributed by atoms with Gasteiger partial charge in [0.05, 0.1) is 5.52 Å². The lowest BCUT2D eigenvalue weighted by atomic mass is 9.82. The van der Waals surface area contributed by atoms with Crippen molar-refractivity contribution in [1.29, 1.82) is 0 Å². The van der Waals surface area contributed by atoms with Crippen molar-refractivity contribution in [2.45, 2.75) is 46.0 Å². The second-order valence-electron chi connectivity index (χ2n) is 14.9. The summed E-state index contributed by atoms with van der Waals surface area (Å²) in [5.41, 5.74) is 19.2. The highest BCUT2D eigenvalue weighted by Gasteiger charge is 2.35. The van der Waals surface area contributed by atoms with Crippen molar-refractivity contribution in [3.8, 4) is 27.9 Å². The maximum Gasteiger partial charge on any atom is 0.0537 e. The number of hydrogen-bond donors (Lipinski definition) is 0. The zero-order valence-corrected chi connectivity index (χ0v) is 32.1. The van der Waals surface area contributed by atoms with Gasteiger partial charge in [-0.1, -0.05) is 149 Å². The highest BCUT2D eigenvalue weighted by atomic mass is 15.1. The molecule has 8 aromatic rings. The third kappa shape index (κ3) is 5.90. The van der Waals surface area contributed by atoms with Crippen LogP contribution in [0.2, 0.25) is 0 Å². The minimum Gasteiger partial charge on any atom is -0.313 e. The van der Waals surface area contributed by atoms with E-state index in [4.69, 9.17) is 0 Å². The van der Waals surface area contributed by atoms with Crippen LogP contribution in [0.25, 0.3) is 50.5 Å². The molecule has 2 nitrogen and oxygen atoms in total. The minimum absolute atomic E-state index is 0.0788. The first kappa shape index (κ1) is 34.4. The van der Waals surface area contributed by atoms with Crippen molar-refractivity contribution in [2.75, 3.05) is 4.90 Å². The molecule has 0 saturated carbocycles. The quantitative estimate of drug-likeness (QED) is 0.167. The molecule has 0 atom stereocenters. The summed E-state index contributed by atoms with van der Waals surface area (Å²) in [6.07, 6.45) is 4.44. The van der Waals surface area contributed by atoms with Crippen molar-refractivity contribution >= 4 is 39.6 Å². The van der Waals surface area contributed by atoms with Gasteiger partial charge in [0.25, 0.3) is 0 Å². The molecule has 1 aromatic heterocycles. The Kier molecular flexibility index (Phi) is 8.83. The van der Waals surface area contributed by atoms with E-state index in [1.54, 1.807) is 0 Å². The molecule has 0 radical (unpaired) electrons. The number of anilines is 3. The summed E-state index contributed by atoms with van der Waals surface area (Å²) < 4.78 is 2.46. The van der Waals surface area contributed by atoms with Gasteiger partial charge >= 0.3 is 0 Å². The van der Waals surface area contributed by atoms with E-state index < -0.39 is 0 Å². The first-order valence-electron chi connectivity index (χ1n) is 19.7. The predicted octanol–water partition coefficient (Wildman–Crippen LogP) is 14.6. The predicted molar refractivity (Wildman–Crippen MR) is 235 cm³/mol. The van der Waals surface area contributed by atoms with Gasteiger partial charge in [0, 0.05) is 44.8 Å². The van der Waals surface area contributed by atoms with Gasteiger partial charge in [0.1, 0.15) is 0 Å². The minimum atomic E-state index is -0.0788. The lowest BCUT2D eigenvalue weighted by Crippen LogP contribution is -2.16. The number of nitrogens with zero attached hydrogens (tertiary/aromatic N) is 2. The Labute approximate surface area is 325 Å². The fraction of sp³-hybridized carbons (Fsp3) is 0.132. The van der Waals surface area contributed by atoms with Crippen molar-refractivity contribution in [3.05, 3.63) is 204 Å². The van der Waals surface area contributed by atoms with Crippen molar-refractivity contribution in [1.82, 2.24) is 4.57 Å². The Morgan fingerprint density at radius 2 is 1.05 bits per heavy atom. The van der Waals surface area contributed by atoms with Crippen LogP contribution in [-0.4, -0.2) is 4.57 Å². The number of fused-ring (bicyclic) bond motifs is 6. The number of rotatable bonds is 6. The highest BCUT2D eigenvalue weighted by molar-refractivity contribution is 5.99. The number of para-hydroxylation sites is 2. The molecule has 0 aliphatic heterocycles. The van der Waals surface area contributed by atoms with Gasteiger partial charge in [-0.3, -0.25) is 0 Å². The van der Waals surface area contributed by atoms with Gasteiger partial charge < -0.3 is 9.47 Å². The summed E-state index contributed by atoms with van der Waals surface area (Å²) in [6.45, 7) is 8.71. The van der Waals surface area contributed by atoms with E-state index >= 15 is 0 Å². The van der Waals surface area contributed by atoms with Crippen LogP contribution in [0.3, 0.4) is 0 Å². The van der Waals surface area contributed by atoms with Crippen LogP contribution in [0, 0.1) is 0 Å². The lowest BCUT2D eigenvalue weighted by molar-refractivity contribution is 0.660. The van der Waals surface area contributed by atoms with Gasteiger partial charge in [-0.05, 0) is 118 Å². The SMILES string of the molecule is CC.CC1(C)c2ccccc2-c2ccc(N(c3ccc(C4=Cc5c(n(-c6ccccc6)c6ccccc56)CC4)cc3)c3ccc(-c4ccccc4)cc3)cc21. The second kappa shape index (κ2) is 14.1. The molecule has 2 heteroatoms. The van der Waals surface area contributed by atoms with E-state index in [0.29, 0.717) is 0 Å². The summed E-state index contributed by atoms with van der Waals surface area (Å²) in [7, 11) is 0. The average molecular weight is 711 g/mol. The Morgan fingerprint density at radius 3 is 1.78 bits per heavy atom. The van der Waals surface area contributed by atoms with E-state index in [2.05, 4.69) is 205 Å². The van der Waals surface area contributed by atoms with Gasteiger partial charge in [0.15, 0.2) is 0 Å². The van der Waals surface area contributed by atoms with E-state index in [-0.39, 0.29) is 5.41 Å². The monoisotopic (exact) mass is 710 g/mol. The van der Waals surface area contributed by atoms with Gasteiger partial charge in [-0.25, -0.2) is 0 Å². The summed E-state index contributed by atoms with van der Waals surface area (Å²) in [5.74, 6) is 0. The molecule has 1 heterocycles. The fourth-order valence-electron chi connectivity index (χ4n) is 8.86. The molecule has 0 N–H and O–H groups in total. The summed E-state index contributed by atoms with van der Waals surface area (Å²) in [4.78, 5) is 2.42. The first-order chi connectivity index (χ1) is 27.0. The fourth-order valence-corrected chi connectivity index (χ4v) is 8.86. The molecule has 0 unspecified atom stereocenters. The maximum atomic E-state index is 2.46. The number of aromatic nitrogens is 1. The van der Waals surface area contributed by atoms with Crippen LogP contribution < -0.4 is 4.90 Å². The van der Waals surface area contributed by atoms with E-state index in [1.807, 2.05) is 13.8 Å². The summed E-state index contributed by atoms with van der Waals surface area (Å²) >= 11 is 0. The van der Waals surface area contributed by atoms with Crippen molar-refractivity contribution in [3.63, 3.8) is 0 Å². The lowest BCUT2D eigenvalue weighted by Gasteiger charge is -2.28. The Bertz CT molecular complexity index is 2660. The Hall–Kier alpha value is -6.38. The standard InChI is InChI=1S/C51H40N2.C2H6/c1-51(2)47-19-11-9-17-43(47)44-31-30-42(34-48(44)51)52(40-26-21-36(22-27-40)35-13-5-3-6-14-35)41-28-23-37(24-29-41)38-25-32-50-46(33-38)45-18-10-12-20-49(45)53(50)39-15-7-4-8-16-39;1-2/h3-24,26-31,33-34H,25,32H2,1-2H3;1-2H3. The van der Waals surface area contributed by atoms with Crippen LogP contribution in [0.4, 0.5) is 17.1 Å². The smallest absolute Gasteiger partial charge is 0.0537 e. The molecular formula is C53H46N2. The largest absolute Gasteiger partial charge is 0.313 e. The molecular weight excluding hydrogens is 665 g/mol.